The third-order valence-corrected chi connectivity index (χ3v) is 1.03. The number of hydrogen-bond acceptors (Lipinski definition) is 8. The Hall–Kier alpha value is -2.32. The molecule has 66 valence electrons. The summed E-state index contributed by atoms with van der Waals surface area (Å²) in [6.07, 6.45) is 2.66. The van der Waals surface area contributed by atoms with E-state index in [1.54, 1.807) is 0 Å². The molecule has 2 aromatic rings. The maximum atomic E-state index is 4.29. The first-order valence-corrected chi connectivity index (χ1v) is 3.17. The normalized spacial score (nSPS) is 10.8. The highest BCUT2D eigenvalue weighted by molar-refractivity contribution is 5.26. The van der Waals surface area contributed by atoms with E-state index in [1.165, 1.54) is 12.4 Å². The van der Waals surface area contributed by atoms with Crippen LogP contribution in [0.15, 0.2) is 32.0 Å². The van der Waals surface area contributed by atoms with Gasteiger partial charge in [0.15, 0.2) is 0 Å². The van der Waals surface area contributed by atoms with Gasteiger partial charge >= 0.3 is 0 Å². The largest absolute Gasteiger partial charge is 0.242 e. The highest BCUT2D eigenvalue weighted by Crippen LogP contribution is 2.05. The van der Waals surface area contributed by atoms with Gasteiger partial charge < -0.3 is 0 Å². The van der Waals surface area contributed by atoms with Gasteiger partial charge in [-0.25, -0.2) is 14.7 Å². The SMILES string of the molecule is c1nonc1N=NNc1cnon1. The Morgan fingerprint density at radius 2 is 2.00 bits per heavy atom. The number of nitrogens with zero attached hydrogens (tertiary/aromatic N) is 6. The van der Waals surface area contributed by atoms with E-state index in [4.69, 9.17) is 0 Å². The van der Waals surface area contributed by atoms with Crippen molar-refractivity contribution in [1.29, 1.82) is 0 Å². The highest BCUT2D eigenvalue weighted by atomic mass is 16.6. The van der Waals surface area contributed by atoms with E-state index in [1.807, 2.05) is 0 Å². The molecule has 0 aliphatic heterocycles. The van der Waals surface area contributed by atoms with Crippen molar-refractivity contribution in [2.75, 3.05) is 5.43 Å². The van der Waals surface area contributed by atoms with Crippen LogP contribution in [-0.2, 0) is 0 Å². The number of aromatic nitrogens is 4. The summed E-state index contributed by atoms with van der Waals surface area (Å²) in [5, 5.41) is 20.6. The average molecular weight is 181 g/mol. The lowest BCUT2D eigenvalue weighted by atomic mass is 10.8. The Morgan fingerprint density at radius 1 is 1.15 bits per heavy atom. The summed E-state index contributed by atoms with van der Waals surface area (Å²) in [6, 6.07) is 0. The van der Waals surface area contributed by atoms with Crippen LogP contribution in [-0.4, -0.2) is 20.6 Å². The Bertz CT molecular complexity index is 365. The van der Waals surface area contributed by atoms with Crippen molar-refractivity contribution < 1.29 is 9.26 Å². The van der Waals surface area contributed by atoms with Crippen molar-refractivity contribution >= 4 is 11.6 Å². The number of nitrogens with one attached hydrogen (secondary N) is 1. The standard InChI is InChI=1S/C4H3N7O2/c1-3(9-12-5-1)7-11-8-4-2-6-13-10-4/h1-2H,(H,7,8,9,10). The molecule has 0 aromatic carbocycles. The molecular formula is C4H3N7O2. The van der Waals surface area contributed by atoms with Crippen LogP contribution in [0, 0.1) is 0 Å². The minimum Gasteiger partial charge on any atom is -0.242 e. The summed E-state index contributed by atoms with van der Waals surface area (Å²) in [7, 11) is 0. The third-order valence-electron chi connectivity index (χ3n) is 1.03. The van der Waals surface area contributed by atoms with Crippen molar-refractivity contribution in [3.63, 3.8) is 0 Å². The molecule has 0 saturated carbocycles. The van der Waals surface area contributed by atoms with Gasteiger partial charge in [-0.1, -0.05) is 15.5 Å². The monoisotopic (exact) mass is 181 g/mol. The van der Waals surface area contributed by atoms with Crippen molar-refractivity contribution in [2.24, 2.45) is 10.3 Å². The zero-order valence-corrected chi connectivity index (χ0v) is 6.15. The molecule has 2 aromatic heterocycles. The summed E-state index contributed by atoms with van der Waals surface area (Å²) in [4.78, 5) is 0. The van der Waals surface area contributed by atoms with Crippen molar-refractivity contribution in [3.8, 4) is 0 Å². The molecule has 0 saturated heterocycles. The van der Waals surface area contributed by atoms with Crippen LogP contribution < -0.4 is 5.43 Å². The van der Waals surface area contributed by atoms with Crippen LogP contribution in [0.25, 0.3) is 0 Å². The summed E-state index contributed by atoms with van der Waals surface area (Å²) < 4.78 is 8.57. The van der Waals surface area contributed by atoms with Gasteiger partial charge in [-0.05, 0) is 10.3 Å². The molecule has 0 radical (unpaired) electrons. The quantitative estimate of drug-likeness (QED) is 0.543. The van der Waals surface area contributed by atoms with E-state index in [2.05, 4.69) is 45.6 Å². The molecule has 0 amide bonds. The zero-order chi connectivity index (χ0) is 8.93. The Labute approximate surface area is 70.7 Å². The topological polar surface area (TPSA) is 115 Å². The van der Waals surface area contributed by atoms with E-state index in [-0.39, 0.29) is 5.82 Å². The van der Waals surface area contributed by atoms with Crippen LogP contribution in [0.5, 0.6) is 0 Å². The van der Waals surface area contributed by atoms with Crippen LogP contribution in [0.1, 0.15) is 0 Å². The van der Waals surface area contributed by atoms with Crippen molar-refractivity contribution in [1.82, 2.24) is 20.6 Å². The Morgan fingerprint density at radius 3 is 2.69 bits per heavy atom. The second kappa shape index (κ2) is 3.38. The van der Waals surface area contributed by atoms with E-state index in [9.17, 15) is 0 Å². The second-order valence-corrected chi connectivity index (χ2v) is 1.87. The summed E-state index contributed by atoms with van der Waals surface area (Å²) >= 11 is 0. The molecule has 9 heteroatoms. The van der Waals surface area contributed by atoms with Crippen LogP contribution in [0.2, 0.25) is 0 Å². The highest BCUT2D eigenvalue weighted by Gasteiger charge is 1.94. The molecule has 0 fully saturated rings. The van der Waals surface area contributed by atoms with Gasteiger partial charge in [0, 0.05) is 0 Å². The Balaban J connectivity index is 1.93. The molecule has 0 bridgehead atoms. The fraction of sp³-hybridized carbons (Fsp3) is 0. The van der Waals surface area contributed by atoms with Gasteiger partial charge in [-0.15, -0.1) is 5.11 Å². The molecule has 0 atom stereocenters. The first kappa shape index (κ1) is 7.34. The van der Waals surface area contributed by atoms with E-state index in [0.29, 0.717) is 5.82 Å². The second-order valence-electron chi connectivity index (χ2n) is 1.87. The van der Waals surface area contributed by atoms with Crippen molar-refractivity contribution in [3.05, 3.63) is 12.4 Å². The lowest BCUT2D eigenvalue weighted by Crippen LogP contribution is -1.84. The molecule has 0 aliphatic carbocycles. The van der Waals surface area contributed by atoms with Gasteiger partial charge in [0.05, 0.1) is 0 Å². The van der Waals surface area contributed by atoms with Gasteiger partial charge in [0.25, 0.3) is 0 Å². The number of rotatable bonds is 3. The summed E-state index contributed by atoms with van der Waals surface area (Å²) in [5.41, 5.74) is 2.44. The van der Waals surface area contributed by atoms with E-state index < -0.39 is 0 Å². The first-order valence-electron chi connectivity index (χ1n) is 3.17. The summed E-state index contributed by atoms with van der Waals surface area (Å²) in [5.74, 6) is 0.601. The average Bonchev–Trinajstić information content (AvgIpc) is 2.75. The molecule has 0 spiro atoms. The number of anilines is 1. The summed E-state index contributed by atoms with van der Waals surface area (Å²) in [6.45, 7) is 0. The molecule has 0 unspecified atom stereocenters. The predicted molar refractivity (Wildman–Crippen MR) is 36.7 cm³/mol. The molecular weight excluding hydrogens is 178 g/mol. The van der Waals surface area contributed by atoms with Gasteiger partial charge in [-0.3, -0.25) is 0 Å². The molecule has 13 heavy (non-hydrogen) atoms. The molecule has 0 aliphatic rings. The maximum Gasteiger partial charge on any atom is 0.239 e. The van der Waals surface area contributed by atoms with Crippen molar-refractivity contribution in [2.45, 2.75) is 0 Å². The Kier molecular flexibility index (Phi) is 1.91. The smallest absolute Gasteiger partial charge is 0.239 e. The maximum absolute atomic E-state index is 4.29. The van der Waals surface area contributed by atoms with Gasteiger partial charge in [0.1, 0.15) is 12.4 Å². The predicted octanol–water partition coefficient (Wildman–Crippen LogP) is 0.563. The van der Waals surface area contributed by atoms with Crippen LogP contribution >= 0.6 is 0 Å². The zero-order valence-electron chi connectivity index (χ0n) is 6.15. The lowest BCUT2D eigenvalue weighted by molar-refractivity contribution is 0.307. The minimum atomic E-state index is 0.254. The fourth-order valence-electron chi connectivity index (χ4n) is 0.545. The van der Waals surface area contributed by atoms with Crippen LogP contribution in [0.3, 0.4) is 0 Å². The minimum absolute atomic E-state index is 0.254. The third kappa shape index (κ3) is 1.83. The number of hydrogen-bond donors (Lipinski definition) is 1. The fourth-order valence-corrected chi connectivity index (χ4v) is 0.545. The molecule has 1 N–H and O–H groups in total. The molecule has 2 rings (SSSR count). The van der Waals surface area contributed by atoms with Crippen LogP contribution in [0.4, 0.5) is 11.6 Å². The van der Waals surface area contributed by atoms with Gasteiger partial charge in [-0.2, -0.15) is 0 Å². The molecule has 2 heterocycles. The molecule has 9 nitrogen and oxygen atoms in total. The van der Waals surface area contributed by atoms with Gasteiger partial charge in [0.2, 0.25) is 11.6 Å². The van der Waals surface area contributed by atoms with E-state index >= 15 is 0 Å². The van der Waals surface area contributed by atoms with E-state index in [0.717, 1.165) is 0 Å². The first-order chi connectivity index (χ1) is 6.45. The lowest BCUT2D eigenvalue weighted by Gasteiger charge is -1.85.